The fourth-order valence-corrected chi connectivity index (χ4v) is 4.26. The molecule has 0 aliphatic carbocycles. The first-order valence-corrected chi connectivity index (χ1v) is 9.11. The predicted octanol–water partition coefficient (Wildman–Crippen LogP) is 4.52. The van der Waals surface area contributed by atoms with Gasteiger partial charge in [-0.15, -0.1) is 0 Å². The van der Waals surface area contributed by atoms with Gasteiger partial charge in [0.05, 0.1) is 11.2 Å². The zero-order valence-corrected chi connectivity index (χ0v) is 15.8. The average Bonchev–Trinajstić information content (AvgIpc) is 2.55. The van der Waals surface area contributed by atoms with E-state index in [1.165, 1.54) is 4.90 Å². The topological polar surface area (TPSA) is 49.8 Å². The van der Waals surface area contributed by atoms with Crippen molar-refractivity contribution in [1.82, 2.24) is 4.90 Å². The molecule has 2 atom stereocenters. The summed E-state index contributed by atoms with van der Waals surface area (Å²) < 4.78 is 74.6. The van der Waals surface area contributed by atoms with Gasteiger partial charge in [-0.1, -0.05) is 0 Å². The summed E-state index contributed by atoms with van der Waals surface area (Å²) >= 11 is 0. The van der Waals surface area contributed by atoms with Gasteiger partial charge in [0.25, 0.3) is 0 Å². The first-order valence-electron chi connectivity index (χ1n) is 9.11. The van der Waals surface area contributed by atoms with Crippen LogP contribution in [0, 0.1) is 29.1 Å². The molecule has 1 aromatic rings. The number of carbonyl (C=O) groups is 1. The highest BCUT2D eigenvalue weighted by Crippen LogP contribution is 2.47. The highest BCUT2D eigenvalue weighted by molar-refractivity contribution is 5.69. The minimum absolute atomic E-state index is 0.346. The van der Waals surface area contributed by atoms with Crippen molar-refractivity contribution in [2.45, 2.75) is 76.2 Å². The van der Waals surface area contributed by atoms with Gasteiger partial charge < -0.3 is 14.7 Å². The van der Waals surface area contributed by atoms with Crippen molar-refractivity contribution >= 4 is 6.09 Å². The minimum Gasteiger partial charge on any atom is -0.444 e. The minimum atomic E-state index is -2.28. The van der Waals surface area contributed by atoms with Crippen LogP contribution in [0.5, 0.6) is 0 Å². The van der Waals surface area contributed by atoms with Crippen LogP contribution < -0.4 is 0 Å². The lowest BCUT2D eigenvalue weighted by Gasteiger charge is -2.51. The van der Waals surface area contributed by atoms with Crippen LogP contribution in [0.2, 0.25) is 0 Å². The van der Waals surface area contributed by atoms with E-state index < -0.39 is 64.0 Å². The molecule has 1 aromatic carbocycles. The first kappa shape index (κ1) is 20.8. The molecule has 28 heavy (non-hydrogen) atoms. The standard InChI is InChI=1S/C19H22F5NO3/c1-18(2,3)28-17(26)25-9-5-4-6-10(25)8-19(27,7-9)11-12(20)14(22)16(24)15(23)13(11)21/h9-10,27H,4-8H2,1-3H3. The zero-order valence-electron chi connectivity index (χ0n) is 15.8. The molecule has 2 aliphatic rings. The highest BCUT2D eigenvalue weighted by Gasteiger charge is 2.52. The molecule has 4 nitrogen and oxygen atoms in total. The fraction of sp³-hybridized carbons (Fsp3) is 0.632. The van der Waals surface area contributed by atoms with Crippen LogP contribution >= 0.6 is 0 Å². The van der Waals surface area contributed by atoms with Crippen molar-refractivity contribution in [3.63, 3.8) is 0 Å². The lowest BCUT2D eigenvalue weighted by Crippen LogP contribution is -2.60. The van der Waals surface area contributed by atoms with Gasteiger partial charge in [0.2, 0.25) is 5.82 Å². The molecular weight excluding hydrogens is 385 g/mol. The van der Waals surface area contributed by atoms with Crippen molar-refractivity contribution < 1.29 is 36.6 Å². The summed E-state index contributed by atoms with van der Waals surface area (Å²) in [5, 5.41) is 11.0. The van der Waals surface area contributed by atoms with E-state index in [1.807, 2.05) is 0 Å². The van der Waals surface area contributed by atoms with E-state index in [4.69, 9.17) is 4.74 Å². The van der Waals surface area contributed by atoms with E-state index in [0.717, 1.165) is 0 Å². The smallest absolute Gasteiger partial charge is 0.410 e. The number of rotatable bonds is 1. The monoisotopic (exact) mass is 407 g/mol. The molecular formula is C19H22F5NO3. The lowest BCUT2D eigenvalue weighted by molar-refractivity contribution is -0.0998. The average molecular weight is 407 g/mol. The third-order valence-corrected chi connectivity index (χ3v) is 5.29. The third kappa shape index (κ3) is 3.44. The van der Waals surface area contributed by atoms with Gasteiger partial charge in [0.1, 0.15) is 5.60 Å². The molecule has 1 amide bonds. The maximum Gasteiger partial charge on any atom is 0.410 e. The Hall–Kier alpha value is -1.90. The molecule has 2 fully saturated rings. The summed E-state index contributed by atoms with van der Waals surface area (Å²) in [5.74, 6) is -10.5. The maximum atomic E-state index is 14.3. The summed E-state index contributed by atoms with van der Waals surface area (Å²) in [6, 6.07) is -1.27. The Morgan fingerprint density at radius 1 is 0.964 bits per heavy atom. The van der Waals surface area contributed by atoms with E-state index in [1.54, 1.807) is 20.8 Å². The van der Waals surface area contributed by atoms with Gasteiger partial charge in [0, 0.05) is 24.9 Å². The van der Waals surface area contributed by atoms with Crippen molar-refractivity contribution in [3.8, 4) is 0 Å². The Labute approximate surface area is 159 Å². The Bertz CT molecular complexity index is 765. The summed E-state index contributed by atoms with van der Waals surface area (Å²) in [4.78, 5) is 14.0. The SMILES string of the molecule is CC(C)(C)OC(=O)N1C2CCCC1CC(O)(c1c(F)c(F)c(F)c(F)c1F)C2. The second-order valence-corrected chi connectivity index (χ2v) is 8.51. The van der Waals surface area contributed by atoms with Gasteiger partial charge in [-0.05, 0) is 40.0 Å². The lowest BCUT2D eigenvalue weighted by atomic mass is 9.72. The van der Waals surface area contributed by atoms with Gasteiger partial charge in [-0.2, -0.15) is 0 Å². The van der Waals surface area contributed by atoms with E-state index >= 15 is 0 Å². The van der Waals surface area contributed by atoms with E-state index in [0.29, 0.717) is 19.3 Å². The number of carbonyl (C=O) groups excluding carboxylic acids is 1. The number of halogens is 5. The molecule has 2 unspecified atom stereocenters. The highest BCUT2D eigenvalue weighted by atomic mass is 19.2. The van der Waals surface area contributed by atoms with Crippen LogP contribution in [-0.2, 0) is 10.3 Å². The van der Waals surface area contributed by atoms with Crippen molar-refractivity contribution in [2.75, 3.05) is 0 Å². The quantitative estimate of drug-likeness (QED) is 0.423. The van der Waals surface area contributed by atoms with Crippen LogP contribution in [0.3, 0.4) is 0 Å². The van der Waals surface area contributed by atoms with E-state index in [-0.39, 0.29) is 12.8 Å². The van der Waals surface area contributed by atoms with E-state index in [2.05, 4.69) is 0 Å². The fourth-order valence-electron chi connectivity index (χ4n) is 4.26. The van der Waals surface area contributed by atoms with Gasteiger partial charge >= 0.3 is 6.09 Å². The normalized spacial score (nSPS) is 27.7. The first-order chi connectivity index (χ1) is 12.9. The summed E-state index contributed by atoms with van der Waals surface area (Å²) in [5.41, 5.74) is -4.28. The molecule has 3 rings (SSSR count). The molecule has 2 saturated heterocycles. The van der Waals surface area contributed by atoms with Crippen LogP contribution in [0.15, 0.2) is 0 Å². The Kier molecular flexibility index (Phi) is 5.10. The largest absolute Gasteiger partial charge is 0.444 e. The molecule has 1 N–H and O–H groups in total. The Morgan fingerprint density at radius 2 is 1.39 bits per heavy atom. The number of hydrogen-bond donors (Lipinski definition) is 1. The number of aliphatic hydroxyl groups is 1. The molecule has 0 radical (unpaired) electrons. The second-order valence-electron chi connectivity index (χ2n) is 8.51. The van der Waals surface area contributed by atoms with Gasteiger partial charge in [-0.25, -0.2) is 26.7 Å². The van der Waals surface area contributed by atoms with Gasteiger partial charge in [0.15, 0.2) is 23.3 Å². The molecule has 0 spiro atoms. The zero-order chi connectivity index (χ0) is 21.0. The molecule has 9 heteroatoms. The summed E-state index contributed by atoms with van der Waals surface area (Å²) in [6.45, 7) is 5.07. The maximum absolute atomic E-state index is 14.3. The molecule has 2 bridgehead atoms. The molecule has 0 aromatic heterocycles. The Morgan fingerprint density at radius 3 is 1.82 bits per heavy atom. The van der Waals surface area contributed by atoms with Crippen molar-refractivity contribution in [3.05, 3.63) is 34.6 Å². The number of benzene rings is 1. The van der Waals surface area contributed by atoms with Crippen molar-refractivity contribution in [2.24, 2.45) is 0 Å². The second kappa shape index (κ2) is 6.86. The third-order valence-electron chi connectivity index (χ3n) is 5.29. The Balaban J connectivity index is 1.99. The van der Waals surface area contributed by atoms with Crippen LogP contribution in [0.25, 0.3) is 0 Å². The number of nitrogens with zero attached hydrogens (tertiary/aromatic N) is 1. The molecule has 0 saturated carbocycles. The van der Waals surface area contributed by atoms with Crippen LogP contribution in [-0.4, -0.2) is 33.8 Å². The van der Waals surface area contributed by atoms with Crippen LogP contribution in [0.1, 0.15) is 58.4 Å². The molecule has 2 heterocycles. The molecule has 2 aliphatic heterocycles. The number of hydrogen-bond acceptors (Lipinski definition) is 3. The van der Waals surface area contributed by atoms with Gasteiger partial charge in [-0.3, -0.25) is 0 Å². The van der Waals surface area contributed by atoms with Crippen LogP contribution in [0.4, 0.5) is 26.7 Å². The predicted molar refractivity (Wildman–Crippen MR) is 88.9 cm³/mol. The summed E-state index contributed by atoms with van der Waals surface area (Å²) in [6.07, 6.45) is 0.243. The number of piperidine rings is 2. The number of ether oxygens (including phenoxy) is 1. The van der Waals surface area contributed by atoms with E-state index in [9.17, 15) is 31.9 Å². The molecule has 156 valence electrons. The summed E-state index contributed by atoms with van der Waals surface area (Å²) in [7, 11) is 0. The number of fused-ring (bicyclic) bond motifs is 2. The van der Waals surface area contributed by atoms with Crippen molar-refractivity contribution in [1.29, 1.82) is 0 Å². The number of amides is 1.